The molecule has 2 rings (SSSR count). The van der Waals surface area contributed by atoms with Crippen molar-refractivity contribution in [1.82, 2.24) is 5.32 Å². The van der Waals surface area contributed by atoms with Crippen LogP contribution in [0.4, 0.5) is 0 Å². The second kappa shape index (κ2) is 14.0. The lowest BCUT2D eigenvalue weighted by molar-refractivity contribution is -0.159. The van der Waals surface area contributed by atoms with Crippen molar-refractivity contribution >= 4 is 11.9 Å². The van der Waals surface area contributed by atoms with Crippen LogP contribution in [0.3, 0.4) is 0 Å². The van der Waals surface area contributed by atoms with Crippen LogP contribution in [0.2, 0.25) is 0 Å². The molecule has 2 aliphatic rings. The molecule has 0 aromatic heterocycles. The van der Waals surface area contributed by atoms with Gasteiger partial charge in [-0.3, -0.25) is 9.59 Å². The summed E-state index contributed by atoms with van der Waals surface area (Å²) in [6.07, 6.45) is 16.0. The summed E-state index contributed by atoms with van der Waals surface area (Å²) in [4.78, 5) is 24.3. The Hall–Kier alpha value is -1.10. The lowest BCUT2D eigenvalue weighted by atomic mass is 9.83. The molecule has 29 heavy (non-hydrogen) atoms. The fourth-order valence-corrected chi connectivity index (χ4v) is 4.60. The molecule has 2 aliphatic heterocycles. The van der Waals surface area contributed by atoms with Crippen LogP contribution in [0.1, 0.15) is 117 Å². The number of nitrogens with one attached hydrogen (secondary N) is 1. The van der Waals surface area contributed by atoms with Gasteiger partial charge in [-0.05, 0) is 38.5 Å². The van der Waals surface area contributed by atoms with Gasteiger partial charge < -0.3 is 14.8 Å². The van der Waals surface area contributed by atoms with Crippen LogP contribution in [-0.4, -0.2) is 36.2 Å². The van der Waals surface area contributed by atoms with Crippen LogP contribution < -0.4 is 5.32 Å². The molecule has 2 saturated heterocycles. The third-order valence-electron chi connectivity index (χ3n) is 6.38. The van der Waals surface area contributed by atoms with E-state index in [1.807, 2.05) is 0 Å². The zero-order chi connectivity index (χ0) is 20.9. The number of carbonyl (C=O) groups excluding carboxylic acids is 2. The van der Waals surface area contributed by atoms with Gasteiger partial charge in [-0.25, -0.2) is 0 Å². The Labute approximate surface area is 177 Å². The van der Waals surface area contributed by atoms with Crippen molar-refractivity contribution in [2.24, 2.45) is 0 Å². The molecule has 0 radical (unpaired) electrons. The minimum absolute atomic E-state index is 0.0235. The molecule has 4 atom stereocenters. The molecule has 5 heteroatoms. The van der Waals surface area contributed by atoms with Gasteiger partial charge >= 0.3 is 11.9 Å². The number of piperidine rings is 2. The standard InChI is InChI=1S/C24H43NO4/c1-3-5-7-9-11-13-23(26)28-21-17-15-20-22(18-16-19(21)25-20)29-24(27)14-12-10-8-6-4-2/h19-22,25H,3-18H2,1-2H3. The highest BCUT2D eigenvalue weighted by Gasteiger charge is 2.41. The van der Waals surface area contributed by atoms with E-state index in [0.717, 1.165) is 51.4 Å². The monoisotopic (exact) mass is 409 g/mol. The van der Waals surface area contributed by atoms with Crippen molar-refractivity contribution in [3.05, 3.63) is 0 Å². The molecule has 0 saturated carbocycles. The first-order valence-corrected chi connectivity index (χ1v) is 12.3. The number of hydrogen-bond acceptors (Lipinski definition) is 5. The molecule has 1 N–H and O–H groups in total. The lowest BCUT2D eigenvalue weighted by Crippen LogP contribution is -2.60. The summed E-state index contributed by atoms with van der Waals surface area (Å²) in [5.74, 6) is -0.105. The number of rotatable bonds is 14. The van der Waals surface area contributed by atoms with Crippen LogP contribution in [0.25, 0.3) is 0 Å². The first-order chi connectivity index (χ1) is 14.1. The third-order valence-corrected chi connectivity index (χ3v) is 6.38. The highest BCUT2D eigenvalue weighted by Crippen LogP contribution is 2.30. The molecular formula is C24H43NO4. The number of unbranched alkanes of at least 4 members (excludes halogenated alkanes) is 8. The Kier molecular flexibility index (Phi) is 11.7. The van der Waals surface area contributed by atoms with Gasteiger partial charge in [0, 0.05) is 24.9 Å². The molecule has 4 unspecified atom stereocenters. The quantitative estimate of drug-likeness (QED) is 0.305. The van der Waals surface area contributed by atoms with E-state index in [0.29, 0.717) is 12.8 Å². The average molecular weight is 410 g/mol. The van der Waals surface area contributed by atoms with E-state index in [2.05, 4.69) is 19.2 Å². The van der Waals surface area contributed by atoms with Crippen LogP contribution in [0, 0.1) is 0 Å². The fraction of sp³-hybridized carbons (Fsp3) is 0.917. The Balaban J connectivity index is 1.62. The van der Waals surface area contributed by atoms with Gasteiger partial charge in [-0.2, -0.15) is 0 Å². The number of carbonyl (C=O) groups is 2. The van der Waals surface area contributed by atoms with E-state index in [9.17, 15) is 9.59 Å². The molecular weight excluding hydrogens is 366 g/mol. The molecule has 0 aromatic rings. The molecule has 2 heterocycles. The highest BCUT2D eigenvalue weighted by atomic mass is 16.6. The van der Waals surface area contributed by atoms with Gasteiger partial charge in [0.1, 0.15) is 12.2 Å². The molecule has 0 aromatic carbocycles. The van der Waals surface area contributed by atoms with E-state index in [-0.39, 0.29) is 36.2 Å². The van der Waals surface area contributed by atoms with Gasteiger partial charge in [0.15, 0.2) is 0 Å². The van der Waals surface area contributed by atoms with Crippen LogP contribution in [0.5, 0.6) is 0 Å². The molecule has 2 fully saturated rings. The van der Waals surface area contributed by atoms with Gasteiger partial charge in [0.25, 0.3) is 0 Å². The van der Waals surface area contributed by atoms with Crippen molar-refractivity contribution in [3.63, 3.8) is 0 Å². The van der Waals surface area contributed by atoms with Crippen molar-refractivity contribution in [3.8, 4) is 0 Å². The first kappa shape index (κ1) is 24.2. The predicted octanol–water partition coefficient (Wildman–Crippen LogP) is 5.45. The van der Waals surface area contributed by atoms with E-state index in [4.69, 9.17) is 9.47 Å². The Morgan fingerprint density at radius 2 is 1.07 bits per heavy atom. The minimum atomic E-state index is -0.0524. The van der Waals surface area contributed by atoms with Crippen LogP contribution >= 0.6 is 0 Å². The normalized spacial score (nSPS) is 26.1. The first-order valence-electron chi connectivity index (χ1n) is 12.3. The summed E-state index contributed by atoms with van der Waals surface area (Å²) in [5, 5.41) is 3.58. The van der Waals surface area contributed by atoms with Crippen LogP contribution in [0.15, 0.2) is 0 Å². The fourth-order valence-electron chi connectivity index (χ4n) is 4.60. The topological polar surface area (TPSA) is 64.6 Å². The lowest BCUT2D eigenvalue weighted by Gasteiger charge is -2.44. The molecule has 168 valence electrons. The van der Waals surface area contributed by atoms with Gasteiger partial charge in [0.2, 0.25) is 0 Å². The third kappa shape index (κ3) is 9.06. The van der Waals surface area contributed by atoms with Crippen molar-refractivity contribution in [2.45, 2.75) is 141 Å². The number of fused-ring (bicyclic) bond motifs is 2. The molecule has 0 aliphatic carbocycles. The summed E-state index contributed by atoms with van der Waals surface area (Å²) in [5.41, 5.74) is 0. The summed E-state index contributed by atoms with van der Waals surface area (Å²) >= 11 is 0. The molecule has 2 bridgehead atoms. The van der Waals surface area contributed by atoms with Gasteiger partial charge in [-0.1, -0.05) is 65.2 Å². The SMILES string of the molecule is CCCCCCCC(=O)OC1CCC2NC1CCC2OC(=O)CCCCCCC. The maximum absolute atomic E-state index is 12.2. The van der Waals surface area contributed by atoms with E-state index in [1.54, 1.807) is 0 Å². The summed E-state index contributed by atoms with van der Waals surface area (Å²) in [7, 11) is 0. The maximum atomic E-state index is 12.2. The Bertz CT molecular complexity index is 440. The summed E-state index contributed by atoms with van der Waals surface area (Å²) in [6, 6.07) is 0.420. The van der Waals surface area contributed by atoms with Crippen LogP contribution in [-0.2, 0) is 19.1 Å². The zero-order valence-corrected chi connectivity index (χ0v) is 18.8. The second-order valence-electron chi connectivity index (χ2n) is 8.92. The number of esters is 2. The average Bonchev–Trinajstić information content (AvgIpc) is 2.71. The minimum Gasteiger partial charge on any atom is -0.461 e. The van der Waals surface area contributed by atoms with E-state index in [1.165, 1.54) is 38.5 Å². The second-order valence-corrected chi connectivity index (χ2v) is 8.92. The molecule has 0 spiro atoms. The highest BCUT2D eigenvalue weighted by molar-refractivity contribution is 5.70. The van der Waals surface area contributed by atoms with Crippen molar-refractivity contribution in [2.75, 3.05) is 0 Å². The summed E-state index contributed by atoms with van der Waals surface area (Å²) < 4.78 is 11.6. The Morgan fingerprint density at radius 1 is 0.655 bits per heavy atom. The predicted molar refractivity (Wildman–Crippen MR) is 116 cm³/mol. The van der Waals surface area contributed by atoms with E-state index >= 15 is 0 Å². The summed E-state index contributed by atoms with van der Waals surface area (Å²) in [6.45, 7) is 4.39. The largest absolute Gasteiger partial charge is 0.461 e. The maximum Gasteiger partial charge on any atom is 0.306 e. The van der Waals surface area contributed by atoms with E-state index < -0.39 is 0 Å². The number of ether oxygens (including phenoxy) is 2. The molecule has 5 nitrogen and oxygen atoms in total. The Morgan fingerprint density at radius 3 is 1.48 bits per heavy atom. The number of hydrogen-bond donors (Lipinski definition) is 1. The van der Waals surface area contributed by atoms with Crippen molar-refractivity contribution < 1.29 is 19.1 Å². The van der Waals surface area contributed by atoms with Crippen molar-refractivity contribution in [1.29, 1.82) is 0 Å². The molecule has 0 amide bonds. The zero-order valence-electron chi connectivity index (χ0n) is 18.8. The smallest absolute Gasteiger partial charge is 0.306 e. The van der Waals surface area contributed by atoms with Gasteiger partial charge in [0.05, 0.1) is 0 Å². The van der Waals surface area contributed by atoms with Gasteiger partial charge in [-0.15, -0.1) is 0 Å².